The predicted molar refractivity (Wildman–Crippen MR) is 119 cm³/mol. The summed E-state index contributed by atoms with van der Waals surface area (Å²) in [4.78, 5) is 14.5. The van der Waals surface area contributed by atoms with Crippen LogP contribution in [0.5, 0.6) is 0 Å². The lowest BCUT2D eigenvalue weighted by Gasteiger charge is -2.18. The number of aryl methyl sites for hydroxylation is 2. The zero-order valence-corrected chi connectivity index (χ0v) is 18.5. The first-order valence-corrected chi connectivity index (χ1v) is 11.4. The Kier molecular flexibility index (Phi) is 12.9. The number of rotatable bonds is 15. The van der Waals surface area contributed by atoms with Crippen LogP contribution in [0.15, 0.2) is 18.2 Å². The van der Waals surface area contributed by atoms with Crippen molar-refractivity contribution in [1.82, 2.24) is 4.90 Å². The fraction of sp³-hybridized carbons (Fsp3) is 0.720. The maximum atomic E-state index is 12.6. The molecule has 0 heterocycles. The molecular formula is C25H43NO. The van der Waals surface area contributed by atoms with Crippen LogP contribution in [0.1, 0.15) is 112 Å². The molecule has 0 aromatic heterocycles. The summed E-state index contributed by atoms with van der Waals surface area (Å²) in [7, 11) is 1.94. The van der Waals surface area contributed by atoms with Crippen LogP contribution >= 0.6 is 0 Å². The molecular weight excluding hydrogens is 330 g/mol. The zero-order chi connectivity index (χ0) is 19.9. The molecule has 0 saturated carbocycles. The second-order valence-electron chi connectivity index (χ2n) is 8.11. The minimum Gasteiger partial charge on any atom is -0.342 e. The lowest BCUT2D eigenvalue weighted by atomic mass is 10.0. The lowest BCUT2D eigenvalue weighted by molar-refractivity contribution is 0.0792. The van der Waals surface area contributed by atoms with Crippen molar-refractivity contribution in [2.45, 2.75) is 104 Å². The third-order valence-electron chi connectivity index (χ3n) is 5.67. The maximum absolute atomic E-state index is 12.6. The normalized spacial score (nSPS) is 11.0. The summed E-state index contributed by atoms with van der Waals surface area (Å²) in [5.41, 5.74) is 3.39. The van der Waals surface area contributed by atoms with Gasteiger partial charge in [-0.1, -0.05) is 90.5 Å². The van der Waals surface area contributed by atoms with Crippen molar-refractivity contribution < 1.29 is 4.79 Å². The summed E-state index contributed by atoms with van der Waals surface area (Å²) in [6.07, 6.45) is 17.2. The summed E-state index contributed by atoms with van der Waals surface area (Å²) in [6.45, 7) is 7.40. The molecule has 0 aliphatic rings. The van der Waals surface area contributed by atoms with Gasteiger partial charge in [0.1, 0.15) is 0 Å². The van der Waals surface area contributed by atoms with Crippen LogP contribution in [-0.2, 0) is 6.42 Å². The first-order valence-electron chi connectivity index (χ1n) is 11.4. The SMILES string of the molecule is CCCCCCCCCCCCCCN(C)C(=O)c1ccc(C)c(CC)c1. The van der Waals surface area contributed by atoms with Crippen molar-refractivity contribution in [1.29, 1.82) is 0 Å². The van der Waals surface area contributed by atoms with Crippen LogP contribution in [-0.4, -0.2) is 24.4 Å². The number of unbranched alkanes of at least 4 members (excludes halogenated alkanes) is 11. The summed E-state index contributed by atoms with van der Waals surface area (Å²) >= 11 is 0. The van der Waals surface area contributed by atoms with Gasteiger partial charge in [0.05, 0.1) is 0 Å². The van der Waals surface area contributed by atoms with Crippen molar-refractivity contribution in [3.63, 3.8) is 0 Å². The van der Waals surface area contributed by atoms with Gasteiger partial charge in [-0.2, -0.15) is 0 Å². The molecule has 154 valence electrons. The quantitative estimate of drug-likeness (QED) is 0.295. The highest BCUT2D eigenvalue weighted by atomic mass is 16.2. The minimum atomic E-state index is 0.160. The van der Waals surface area contributed by atoms with Crippen LogP contribution < -0.4 is 0 Å². The summed E-state index contributed by atoms with van der Waals surface area (Å²) in [5, 5.41) is 0. The van der Waals surface area contributed by atoms with Crippen LogP contribution in [0.2, 0.25) is 0 Å². The minimum absolute atomic E-state index is 0.160. The van der Waals surface area contributed by atoms with Crippen molar-refractivity contribution in [3.05, 3.63) is 34.9 Å². The molecule has 0 aliphatic carbocycles. The molecule has 1 aromatic carbocycles. The monoisotopic (exact) mass is 373 g/mol. The average molecular weight is 374 g/mol. The Morgan fingerprint density at radius 3 is 1.85 bits per heavy atom. The van der Waals surface area contributed by atoms with Gasteiger partial charge in [0.25, 0.3) is 5.91 Å². The molecule has 27 heavy (non-hydrogen) atoms. The van der Waals surface area contributed by atoms with Crippen LogP contribution in [0, 0.1) is 6.92 Å². The van der Waals surface area contributed by atoms with E-state index in [4.69, 9.17) is 0 Å². The summed E-state index contributed by atoms with van der Waals surface area (Å²) < 4.78 is 0. The predicted octanol–water partition coefficient (Wildman–Crippen LogP) is 7.33. The number of carbonyl (C=O) groups is 1. The van der Waals surface area contributed by atoms with Crippen LogP contribution in [0.3, 0.4) is 0 Å². The van der Waals surface area contributed by atoms with Gasteiger partial charge in [-0.25, -0.2) is 0 Å². The molecule has 2 heteroatoms. The van der Waals surface area contributed by atoms with Gasteiger partial charge in [0.15, 0.2) is 0 Å². The Balaban J connectivity index is 2.08. The first kappa shape index (κ1) is 23.7. The van der Waals surface area contributed by atoms with Gasteiger partial charge in [0, 0.05) is 19.2 Å². The Morgan fingerprint density at radius 2 is 1.33 bits per heavy atom. The van der Waals surface area contributed by atoms with Crippen molar-refractivity contribution in [2.24, 2.45) is 0 Å². The zero-order valence-electron chi connectivity index (χ0n) is 18.5. The molecule has 1 aromatic rings. The fourth-order valence-electron chi connectivity index (χ4n) is 3.70. The molecule has 0 radical (unpaired) electrons. The van der Waals surface area contributed by atoms with Gasteiger partial charge < -0.3 is 4.90 Å². The van der Waals surface area contributed by atoms with E-state index in [0.29, 0.717) is 0 Å². The summed E-state index contributed by atoms with van der Waals surface area (Å²) in [6, 6.07) is 6.11. The molecule has 0 aliphatic heterocycles. The number of nitrogens with zero attached hydrogens (tertiary/aromatic N) is 1. The second-order valence-corrected chi connectivity index (χ2v) is 8.11. The number of amides is 1. The average Bonchev–Trinajstić information content (AvgIpc) is 2.68. The third-order valence-corrected chi connectivity index (χ3v) is 5.67. The van der Waals surface area contributed by atoms with Crippen molar-refractivity contribution in [3.8, 4) is 0 Å². The molecule has 1 amide bonds. The van der Waals surface area contributed by atoms with E-state index in [1.165, 1.54) is 81.8 Å². The number of benzene rings is 1. The maximum Gasteiger partial charge on any atom is 0.253 e. The standard InChI is InChI=1S/C25H43NO/c1-5-7-8-9-10-11-12-13-14-15-16-17-20-26(4)25(27)24-19-18-22(3)23(6-2)21-24/h18-19,21H,5-17,20H2,1-4H3. The highest BCUT2D eigenvalue weighted by molar-refractivity contribution is 5.94. The second kappa shape index (κ2) is 14.7. The number of carbonyl (C=O) groups excluding carboxylic acids is 1. The molecule has 2 nitrogen and oxygen atoms in total. The van der Waals surface area contributed by atoms with Crippen LogP contribution in [0.4, 0.5) is 0 Å². The number of hydrogen-bond acceptors (Lipinski definition) is 1. The smallest absolute Gasteiger partial charge is 0.253 e. The molecule has 0 fully saturated rings. The molecule has 1 rings (SSSR count). The number of hydrogen-bond donors (Lipinski definition) is 0. The molecule has 0 atom stereocenters. The van der Waals surface area contributed by atoms with E-state index in [9.17, 15) is 4.79 Å². The molecule has 0 bridgehead atoms. The Morgan fingerprint density at radius 1 is 0.815 bits per heavy atom. The summed E-state index contributed by atoms with van der Waals surface area (Å²) in [5.74, 6) is 0.160. The van der Waals surface area contributed by atoms with Gasteiger partial charge in [0.2, 0.25) is 0 Å². The highest BCUT2D eigenvalue weighted by Gasteiger charge is 2.12. The highest BCUT2D eigenvalue weighted by Crippen LogP contribution is 2.15. The van der Waals surface area contributed by atoms with E-state index in [1.54, 1.807) is 0 Å². The molecule has 0 unspecified atom stereocenters. The van der Waals surface area contributed by atoms with Gasteiger partial charge >= 0.3 is 0 Å². The first-order chi connectivity index (χ1) is 13.1. The lowest BCUT2D eigenvalue weighted by Crippen LogP contribution is -2.27. The van der Waals surface area contributed by atoms with E-state index < -0.39 is 0 Å². The Labute approximate surface area is 168 Å². The molecule has 0 spiro atoms. The Hall–Kier alpha value is -1.31. The van der Waals surface area contributed by atoms with Gasteiger partial charge in [-0.3, -0.25) is 4.79 Å². The van der Waals surface area contributed by atoms with Gasteiger partial charge in [-0.05, 0) is 43.0 Å². The largest absolute Gasteiger partial charge is 0.342 e. The van der Waals surface area contributed by atoms with E-state index in [0.717, 1.165) is 24.9 Å². The van der Waals surface area contributed by atoms with Gasteiger partial charge in [-0.15, -0.1) is 0 Å². The molecule has 0 N–H and O–H groups in total. The van der Waals surface area contributed by atoms with Crippen molar-refractivity contribution >= 4 is 5.91 Å². The fourth-order valence-corrected chi connectivity index (χ4v) is 3.70. The van der Waals surface area contributed by atoms with E-state index in [-0.39, 0.29) is 5.91 Å². The van der Waals surface area contributed by atoms with E-state index in [1.807, 2.05) is 18.0 Å². The van der Waals surface area contributed by atoms with Crippen LogP contribution in [0.25, 0.3) is 0 Å². The van der Waals surface area contributed by atoms with Crippen molar-refractivity contribution in [2.75, 3.05) is 13.6 Å². The Bertz CT molecular complexity index is 523. The molecule has 0 saturated heterocycles. The topological polar surface area (TPSA) is 20.3 Å². The third kappa shape index (κ3) is 9.98. The van der Waals surface area contributed by atoms with E-state index in [2.05, 4.69) is 32.9 Å². The van der Waals surface area contributed by atoms with E-state index >= 15 is 0 Å².